The van der Waals surface area contributed by atoms with Crippen LogP contribution in [0.15, 0.2) is 24.3 Å². The van der Waals surface area contributed by atoms with Crippen LogP contribution in [0.25, 0.3) is 0 Å². The van der Waals surface area contributed by atoms with Crippen LogP contribution in [0.1, 0.15) is 12.5 Å². The number of benzene rings is 1. The van der Waals surface area contributed by atoms with Crippen LogP contribution in [0, 0.1) is 0 Å². The predicted molar refractivity (Wildman–Crippen MR) is 73.0 cm³/mol. The van der Waals surface area contributed by atoms with E-state index in [2.05, 4.69) is 29.3 Å². The van der Waals surface area contributed by atoms with Gasteiger partial charge in [-0.05, 0) is 24.6 Å². The molecule has 0 saturated carbocycles. The molecule has 1 aliphatic rings. The maximum Gasteiger partial charge on any atom is 0.118 e. The Balaban J connectivity index is 0.00000144. The maximum atomic E-state index is 5.16. The van der Waals surface area contributed by atoms with Gasteiger partial charge in [0.1, 0.15) is 5.75 Å². The van der Waals surface area contributed by atoms with E-state index in [1.165, 1.54) is 5.56 Å². The molecule has 0 radical (unpaired) electrons. The monoisotopic (exact) mass is 256 g/mol. The molecule has 1 saturated heterocycles. The molecule has 0 bridgehead atoms. The molecule has 0 aromatic heterocycles. The fourth-order valence-electron chi connectivity index (χ4n) is 2.08. The molecule has 0 spiro atoms. The smallest absolute Gasteiger partial charge is 0.118 e. The Hall–Kier alpha value is -0.770. The summed E-state index contributed by atoms with van der Waals surface area (Å²) in [6, 6.07) is 8.97. The van der Waals surface area contributed by atoms with Gasteiger partial charge in [0.25, 0.3) is 0 Å². The number of hydrogen-bond acceptors (Lipinski definition) is 3. The molecular weight excluding hydrogens is 236 g/mol. The van der Waals surface area contributed by atoms with E-state index in [0.717, 1.165) is 31.9 Å². The van der Waals surface area contributed by atoms with Gasteiger partial charge in [-0.1, -0.05) is 12.1 Å². The zero-order valence-corrected chi connectivity index (χ0v) is 11.3. The minimum Gasteiger partial charge on any atom is -0.497 e. The molecule has 4 heteroatoms. The molecule has 2 rings (SSSR count). The van der Waals surface area contributed by atoms with E-state index in [1.807, 2.05) is 12.1 Å². The summed E-state index contributed by atoms with van der Waals surface area (Å²) >= 11 is 0. The largest absolute Gasteiger partial charge is 0.497 e. The first-order chi connectivity index (χ1) is 7.79. The van der Waals surface area contributed by atoms with Crippen molar-refractivity contribution in [2.45, 2.75) is 19.5 Å². The van der Waals surface area contributed by atoms with Crippen LogP contribution in [-0.4, -0.2) is 37.7 Å². The second-order valence-electron chi connectivity index (χ2n) is 4.37. The number of halogens is 1. The number of methoxy groups -OCH3 is 1. The quantitative estimate of drug-likeness (QED) is 0.894. The second-order valence-corrected chi connectivity index (χ2v) is 4.37. The molecular formula is C13H21ClN2O. The van der Waals surface area contributed by atoms with Gasteiger partial charge in [0.15, 0.2) is 0 Å². The number of hydrogen-bond donors (Lipinski definition) is 1. The Labute approximate surface area is 110 Å². The summed E-state index contributed by atoms with van der Waals surface area (Å²) in [5, 5.41) is 3.41. The topological polar surface area (TPSA) is 24.5 Å². The Kier molecular flexibility index (Phi) is 5.75. The SMILES string of the molecule is COc1ccc(CN2CCNC[C@@H]2C)cc1.Cl. The molecule has 3 nitrogen and oxygen atoms in total. The average molecular weight is 257 g/mol. The highest BCUT2D eigenvalue weighted by molar-refractivity contribution is 5.85. The van der Waals surface area contributed by atoms with Crippen molar-refractivity contribution in [3.05, 3.63) is 29.8 Å². The first-order valence-corrected chi connectivity index (χ1v) is 5.87. The lowest BCUT2D eigenvalue weighted by atomic mass is 10.1. The van der Waals surface area contributed by atoms with Crippen molar-refractivity contribution in [3.63, 3.8) is 0 Å². The summed E-state index contributed by atoms with van der Waals surface area (Å²) in [4.78, 5) is 2.51. The first-order valence-electron chi connectivity index (χ1n) is 5.87. The van der Waals surface area contributed by atoms with Gasteiger partial charge in [0, 0.05) is 32.2 Å². The normalized spacial score (nSPS) is 20.7. The van der Waals surface area contributed by atoms with Crippen molar-refractivity contribution in [3.8, 4) is 5.75 Å². The fraction of sp³-hybridized carbons (Fsp3) is 0.538. The summed E-state index contributed by atoms with van der Waals surface area (Å²) in [5.74, 6) is 0.928. The van der Waals surface area contributed by atoms with Crippen LogP contribution >= 0.6 is 12.4 Å². The summed E-state index contributed by atoms with van der Waals surface area (Å²) in [7, 11) is 1.70. The molecule has 1 aliphatic heterocycles. The lowest BCUT2D eigenvalue weighted by Gasteiger charge is -2.33. The summed E-state index contributed by atoms with van der Waals surface area (Å²) in [5.41, 5.74) is 1.36. The van der Waals surface area contributed by atoms with Crippen LogP contribution in [0.4, 0.5) is 0 Å². The van der Waals surface area contributed by atoms with Crippen molar-refractivity contribution in [2.75, 3.05) is 26.7 Å². The minimum atomic E-state index is 0. The molecule has 1 aromatic carbocycles. The van der Waals surface area contributed by atoms with Crippen molar-refractivity contribution in [2.24, 2.45) is 0 Å². The number of nitrogens with one attached hydrogen (secondary N) is 1. The molecule has 17 heavy (non-hydrogen) atoms. The van der Waals surface area contributed by atoms with Gasteiger partial charge in [-0.3, -0.25) is 4.90 Å². The number of ether oxygens (including phenoxy) is 1. The number of piperazine rings is 1. The standard InChI is InChI=1S/C13H20N2O.ClH/c1-11-9-14-7-8-15(11)10-12-3-5-13(16-2)6-4-12;/h3-6,11,14H,7-10H2,1-2H3;1H/t11-;/m0./s1. The highest BCUT2D eigenvalue weighted by Gasteiger charge is 2.17. The Morgan fingerprint density at radius 1 is 1.35 bits per heavy atom. The molecule has 1 atom stereocenters. The third-order valence-corrected chi connectivity index (χ3v) is 3.18. The molecule has 0 unspecified atom stereocenters. The molecule has 1 aromatic rings. The maximum absolute atomic E-state index is 5.16. The van der Waals surface area contributed by atoms with Crippen LogP contribution in [-0.2, 0) is 6.54 Å². The zero-order valence-electron chi connectivity index (χ0n) is 10.5. The lowest BCUT2D eigenvalue weighted by Crippen LogP contribution is -2.49. The summed E-state index contributed by atoms with van der Waals surface area (Å²) < 4.78 is 5.16. The molecule has 0 amide bonds. The van der Waals surface area contributed by atoms with Crippen molar-refractivity contribution in [1.29, 1.82) is 0 Å². The third-order valence-electron chi connectivity index (χ3n) is 3.18. The second kappa shape index (κ2) is 6.84. The molecule has 1 N–H and O–H groups in total. The minimum absolute atomic E-state index is 0. The summed E-state index contributed by atoms with van der Waals surface area (Å²) in [6.07, 6.45) is 0. The lowest BCUT2D eigenvalue weighted by molar-refractivity contribution is 0.165. The molecule has 96 valence electrons. The van der Waals surface area contributed by atoms with E-state index in [9.17, 15) is 0 Å². The van der Waals surface area contributed by atoms with Crippen LogP contribution in [0.5, 0.6) is 5.75 Å². The van der Waals surface area contributed by atoms with E-state index in [-0.39, 0.29) is 12.4 Å². The van der Waals surface area contributed by atoms with Crippen LogP contribution in [0.2, 0.25) is 0 Å². The van der Waals surface area contributed by atoms with E-state index >= 15 is 0 Å². The van der Waals surface area contributed by atoms with E-state index < -0.39 is 0 Å². The average Bonchev–Trinajstić information content (AvgIpc) is 2.33. The van der Waals surface area contributed by atoms with Crippen molar-refractivity contribution in [1.82, 2.24) is 10.2 Å². The predicted octanol–water partition coefficient (Wildman–Crippen LogP) is 1.91. The first kappa shape index (κ1) is 14.3. The van der Waals surface area contributed by atoms with Gasteiger partial charge in [0.2, 0.25) is 0 Å². The van der Waals surface area contributed by atoms with Crippen LogP contribution in [0.3, 0.4) is 0 Å². The third kappa shape index (κ3) is 3.87. The zero-order chi connectivity index (χ0) is 11.4. The van der Waals surface area contributed by atoms with Crippen molar-refractivity contribution >= 4 is 12.4 Å². The van der Waals surface area contributed by atoms with Crippen molar-refractivity contribution < 1.29 is 4.74 Å². The highest BCUT2D eigenvalue weighted by atomic mass is 35.5. The van der Waals surface area contributed by atoms with Crippen LogP contribution < -0.4 is 10.1 Å². The fourth-order valence-corrected chi connectivity index (χ4v) is 2.08. The van der Waals surface area contributed by atoms with E-state index in [0.29, 0.717) is 6.04 Å². The van der Waals surface area contributed by atoms with E-state index in [1.54, 1.807) is 7.11 Å². The molecule has 1 heterocycles. The van der Waals surface area contributed by atoms with Gasteiger partial charge in [-0.25, -0.2) is 0 Å². The Bertz CT molecular complexity index is 329. The highest BCUT2D eigenvalue weighted by Crippen LogP contribution is 2.14. The van der Waals surface area contributed by atoms with Gasteiger partial charge >= 0.3 is 0 Å². The number of nitrogens with zero attached hydrogens (tertiary/aromatic N) is 1. The van der Waals surface area contributed by atoms with Gasteiger partial charge in [-0.2, -0.15) is 0 Å². The van der Waals surface area contributed by atoms with E-state index in [4.69, 9.17) is 4.74 Å². The Morgan fingerprint density at radius 2 is 2.06 bits per heavy atom. The molecule has 1 fully saturated rings. The Morgan fingerprint density at radius 3 is 2.65 bits per heavy atom. The van der Waals surface area contributed by atoms with Gasteiger partial charge < -0.3 is 10.1 Å². The van der Waals surface area contributed by atoms with Gasteiger partial charge in [0.05, 0.1) is 7.11 Å². The molecule has 0 aliphatic carbocycles. The summed E-state index contributed by atoms with van der Waals surface area (Å²) in [6.45, 7) is 6.63. The van der Waals surface area contributed by atoms with Gasteiger partial charge in [-0.15, -0.1) is 12.4 Å². The number of rotatable bonds is 3.